The number of rotatable bonds is 2. The average molecular weight is 215 g/mol. The molecule has 0 amide bonds. The zero-order chi connectivity index (χ0) is 11.1. The van der Waals surface area contributed by atoms with Crippen molar-refractivity contribution in [3.63, 3.8) is 0 Å². The van der Waals surface area contributed by atoms with E-state index in [4.69, 9.17) is 4.99 Å². The second kappa shape index (κ2) is 6.47. The van der Waals surface area contributed by atoms with E-state index in [1.807, 2.05) is 0 Å². The molecule has 0 aromatic heterocycles. The van der Waals surface area contributed by atoms with Crippen LogP contribution in [-0.4, -0.2) is 5.71 Å². The van der Waals surface area contributed by atoms with E-state index >= 15 is 0 Å². The van der Waals surface area contributed by atoms with E-state index in [-0.39, 0.29) is 0 Å². The minimum Gasteiger partial charge on any atom is -0.289 e. The van der Waals surface area contributed by atoms with Crippen LogP contribution in [0.2, 0.25) is 0 Å². The summed E-state index contributed by atoms with van der Waals surface area (Å²) in [5.74, 6) is 0. The number of benzene rings is 1. The third kappa shape index (κ3) is 3.80. The first-order valence-electron chi connectivity index (χ1n) is 6.51. The molecule has 0 spiro atoms. The van der Waals surface area contributed by atoms with Gasteiger partial charge in [-0.25, -0.2) is 0 Å². The van der Waals surface area contributed by atoms with E-state index in [9.17, 15) is 0 Å². The molecule has 1 aliphatic rings. The molecule has 1 aromatic carbocycles. The molecule has 1 fully saturated rings. The Hall–Kier alpha value is -1.11. The molecule has 86 valence electrons. The van der Waals surface area contributed by atoms with Gasteiger partial charge in [-0.05, 0) is 31.2 Å². The highest BCUT2D eigenvalue weighted by Gasteiger charge is 2.04. The summed E-state index contributed by atoms with van der Waals surface area (Å²) in [6, 6.07) is 10.6. The Bertz CT molecular complexity index is 317. The standard InChI is InChI=1S/C15H21N/c1-2-7-11-15(12-8-3-1)16-13-14-9-5-4-6-10-14/h4-6,9-10H,1-3,7-8,11-13H2. The van der Waals surface area contributed by atoms with Crippen molar-refractivity contribution in [1.82, 2.24) is 0 Å². The van der Waals surface area contributed by atoms with Crippen LogP contribution in [0.3, 0.4) is 0 Å². The van der Waals surface area contributed by atoms with Crippen LogP contribution in [0.4, 0.5) is 0 Å². The number of aliphatic imine (C=N–C) groups is 1. The van der Waals surface area contributed by atoms with Crippen LogP contribution in [0.15, 0.2) is 35.3 Å². The van der Waals surface area contributed by atoms with Gasteiger partial charge in [0.15, 0.2) is 0 Å². The lowest BCUT2D eigenvalue weighted by Crippen LogP contribution is -2.02. The molecule has 0 unspecified atom stereocenters. The molecule has 0 N–H and O–H groups in total. The van der Waals surface area contributed by atoms with Gasteiger partial charge in [0, 0.05) is 5.71 Å². The first kappa shape index (κ1) is 11.4. The first-order valence-corrected chi connectivity index (χ1v) is 6.51. The Morgan fingerprint density at radius 3 is 2.12 bits per heavy atom. The fourth-order valence-electron chi connectivity index (χ4n) is 2.26. The van der Waals surface area contributed by atoms with Crippen molar-refractivity contribution < 1.29 is 0 Å². The van der Waals surface area contributed by atoms with Crippen molar-refractivity contribution in [3.8, 4) is 0 Å². The molecule has 0 saturated heterocycles. The molecule has 0 bridgehead atoms. The molecular formula is C15H21N. The molecule has 1 saturated carbocycles. The summed E-state index contributed by atoms with van der Waals surface area (Å²) in [6.45, 7) is 0.871. The van der Waals surface area contributed by atoms with Crippen LogP contribution in [0.1, 0.15) is 50.5 Å². The lowest BCUT2D eigenvalue weighted by molar-refractivity contribution is 0.605. The van der Waals surface area contributed by atoms with Crippen LogP contribution in [0.25, 0.3) is 0 Å². The van der Waals surface area contributed by atoms with Crippen molar-refractivity contribution in [2.45, 2.75) is 51.5 Å². The third-order valence-corrected chi connectivity index (χ3v) is 3.26. The van der Waals surface area contributed by atoms with Crippen LogP contribution in [0, 0.1) is 0 Å². The Labute approximate surface area is 98.6 Å². The van der Waals surface area contributed by atoms with E-state index in [0.717, 1.165) is 6.54 Å². The summed E-state index contributed by atoms with van der Waals surface area (Å²) in [5, 5.41) is 0. The lowest BCUT2D eigenvalue weighted by atomic mass is 9.99. The quantitative estimate of drug-likeness (QED) is 0.694. The Morgan fingerprint density at radius 1 is 0.812 bits per heavy atom. The molecule has 1 heteroatoms. The van der Waals surface area contributed by atoms with Crippen LogP contribution in [0.5, 0.6) is 0 Å². The van der Waals surface area contributed by atoms with E-state index in [1.54, 1.807) is 0 Å². The molecule has 0 heterocycles. The Balaban J connectivity index is 1.89. The fraction of sp³-hybridized carbons (Fsp3) is 0.533. The van der Waals surface area contributed by atoms with Gasteiger partial charge in [-0.1, -0.05) is 49.6 Å². The van der Waals surface area contributed by atoms with Gasteiger partial charge >= 0.3 is 0 Å². The number of hydrogen-bond donors (Lipinski definition) is 0. The molecule has 1 aliphatic carbocycles. The molecule has 1 nitrogen and oxygen atoms in total. The molecule has 1 aromatic rings. The summed E-state index contributed by atoms with van der Waals surface area (Å²) >= 11 is 0. The highest BCUT2D eigenvalue weighted by atomic mass is 14.7. The normalized spacial score (nSPS) is 17.6. The van der Waals surface area contributed by atoms with Gasteiger partial charge in [0.2, 0.25) is 0 Å². The summed E-state index contributed by atoms with van der Waals surface area (Å²) in [5.41, 5.74) is 2.78. The van der Waals surface area contributed by atoms with Gasteiger partial charge in [-0.2, -0.15) is 0 Å². The van der Waals surface area contributed by atoms with Gasteiger partial charge < -0.3 is 0 Å². The molecule has 0 radical (unpaired) electrons. The van der Waals surface area contributed by atoms with Crippen molar-refractivity contribution in [2.75, 3.05) is 0 Å². The minimum atomic E-state index is 0.871. The van der Waals surface area contributed by atoms with Gasteiger partial charge in [0.25, 0.3) is 0 Å². The second-order valence-electron chi connectivity index (χ2n) is 4.64. The van der Waals surface area contributed by atoms with Crippen molar-refractivity contribution in [2.24, 2.45) is 4.99 Å². The largest absolute Gasteiger partial charge is 0.289 e. The van der Waals surface area contributed by atoms with Crippen LogP contribution < -0.4 is 0 Å². The minimum absolute atomic E-state index is 0.871. The smallest absolute Gasteiger partial charge is 0.0639 e. The highest BCUT2D eigenvalue weighted by Crippen LogP contribution is 2.15. The van der Waals surface area contributed by atoms with Crippen molar-refractivity contribution in [3.05, 3.63) is 35.9 Å². The van der Waals surface area contributed by atoms with Crippen molar-refractivity contribution in [1.29, 1.82) is 0 Å². The zero-order valence-corrected chi connectivity index (χ0v) is 9.99. The number of hydrogen-bond acceptors (Lipinski definition) is 1. The maximum Gasteiger partial charge on any atom is 0.0639 e. The second-order valence-corrected chi connectivity index (χ2v) is 4.64. The third-order valence-electron chi connectivity index (χ3n) is 3.26. The first-order chi connectivity index (χ1) is 7.95. The maximum atomic E-state index is 4.77. The number of nitrogens with zero attached hydrogens (tertiary/aromatic N) is 1. The molecule has 0 aliphatic heterocycles. The van der Waals surface area contributed by atoms with E-state index in [1.165, 1.54) is 56.2 Å². The molecule has 2 rings (SSSR count). The van der Waals surface area contributed by atoms with Gasteiger partial charge in [-0.3, -0.25) is 4.99 Å². The van der Waals surface area contributed by atoms with Gasteiger partial charge in [0.05, 0.1) is 6.54 Å². The lowest BCUT2D eigenvalue weighted by Gasteiger charge is -2.11. The average Bonchev–Trinajstić information content (AvgIpc) is 2.29. The SMILES string of the molecule is c1ccc(CN=C2CCCCCCC2)cc1. The molecule has 0 atom stereocenters. The van der Waals surface area contributed by atoms with Crippen LogP contribution >= 0.6 is 0 Å². The molecular weight excluding hydrogens is 194 g/mol. The summed E-state index contributed by atoms with van der Waals surface area (Å²) in [7, 11) is 0. The monoisotopic (exact) mass is 215 g/mol. The predicted molar refractivity (Wildman–Crippen MR) is 69.9 cm³/mol. The highest BCUT2D eigenvalue weighted by molar-refractivity contribution is 5.84. The summed E-state index contributed by atoms with van der Waals surface area (Å²) < 4.78 is 0. The van der Waals surface area contributed by atoms with Crippen LogP contribution in [-0.2, 0) is 6.54 Å². The van der Waals surface area contributed by atoms with Crippen molar-refractivity contribution >= 4 is 5.71 Å². The summed E-state index contributed by atoms with van der Waals surface area (Å²) in [6.07, 6.45) is 9.35. The van der Waals surface area contributed by atoms with E-state index in [2.05, 4.69) is 30.3 Å². The Morgan fingerprint density at radius 2 is 1.44 bits per heavy atom. The van der Waals surface area contributed by atoms with E-state index in [0.29, 0.717) is 0 Å². The summed E-state index contributed by atoms with van der Waals surface area (Å²) in [4.78, 5) is 4.77. The van der Waals surface area contributed by atoms with Gasteiger partial charge in [0.1, 0.15) is 0 Å². The zero-order valence-electron chi connectivity index (χ0n) is 9.99. The van der Waals surface area contributed by atoms with Gasteiger partial charge in [-0.15, -0.1) is 0 Å². The van der Waals surface area contributed by atoms with E-state index < -0.39 is 0 Å². The maximum absolute atomic E-state index is 4.77. The molecule has 16 heavy (non-hydrogen) atoms. The topological polar surface area (TPSA) is 12.4 Å². The predicted octanol–water partition coefficient (Wildman–Crippen LogP) is 4.37. The Kier molecular flexibility index (Phi) is 4.60. The fourth-order valence-corrected chi connectivity index (χ4v) is 2.26.